The number of aromatic amines is 1. The van der Waals surface area contributed by atoms with Crippen LogP contribution < -0.4 is 16.0 Å². The van der Waals surface area contributed by atoms with E-state index in [1.54, 1.807) is 37.3 Å². The third kappa shape index (κ3) is 4.05. The van der Waals surface area contributed by atoms with Crippen LogP contribution in [0.25, 0.3) is 10.9 Å². The van der Waals surface area contributed by atoms with Gasteiger partial charge in [-0.05, 0) is 24.1 Å². The standard InChI is InChI=1S/C19H17F3N2O3/c1-2-10-24-17(25)16-13(11-12-6-4-3-5-7-12)15(27-19(20,21)22)9-8-14(16)23-18(24)26/h3-9H,2,10-11H2,1H3,(H,23,26). The molecule has 5 nitrogen and oxygen atoms in total. The summed E-state index contributed by atoms with van der Waals surface area (Å²) < 4.78 is 43.7. The third-order valence-electron chi connectivity index (χ3n) is 4.11. The average molecular weight is 378 g/mol. The Kier molecular flexibility index (Phi) is 5.07. The minimum Gasteiger partial charge on any atom is -0.405 e. The Morgan fingerprint density at radius 1 is 1.07 bits per heavy atom. The van der Waals surface area contributed by atoms with E-state index in [0.29, 0.717) is 12.0 Å². The van der Waals surface area contributed by atoms with Crippen LogP contribution in [0.1, 0.15) is 24.5 Å². The molecular weight excluding hydrogens is 361 g/mol. The van der Waals surface area contributed by atoms with Crippen LogP contribution >= 0.6 is 0 Å². The number of benzene rings is 2. The van der Waals surface area contributed by atoms with E-state index in [1.165, 1.54) is 6.07 Å². The highest BCUT2D eigenvalue weighted by molar-refractivity contribution is 5.84. The second kappa shape index (κ2) is 7.30. The van der Waals surface area contributed by atoms with E-state index in [2.05, 4.69) is 9.72 Å². The summed E-state index contributed by atoms with van der Waals surface area (Å²) in [4.78, 5) is 27.6. The monoisotopic (exact) mass is 378 g/mol. The molecule has 2 aromatic carbocycles. The molecule has 8 heteroatoms. The lowest BCUT2D eigenvalue weighted by Gasteiger charge is -2.16. The van der Waals surface area contributed by atoms with Crippen LogP contribution in [-0.4, -0.2) is 15.9 Å². The third-order valence-corrected chi connectivity index (χ3v) is 4.11. The number of ether oxygens (including phenoxy) is 1. The quantitative estimate of drug-likeness (QED) is 0.738. The summed E-state index contributed by atoms with van der Waals surface area (Å²) in [5, 5.41) is 0.0219. The van der Waals surface area contributed by atoms with E-state index < -0.39 is 23.4 Å². The van der Waals surface area contributed by atoms with Crippen molar-refractivity contribution < 1.29 is 17.9 Å². The van der Waals surface area contributed by atoms with Crippen LogP contribution in [0.5, 0.6) is 5.75 Å². The van der Waals surface area contributed by atoms with E-state index in [1.807, 2.05) is 0 Å². The number of fused-ring (bicyclic) bond motifs is 1. The average Bonchev–Trinajstić information content (AvgIpc) is 2.60. The van der Waals surface area contributed by atoms with Gasteiger partial charge < -0.3 is 9.72 Å². The predicted molar refractivity (Wildman–Crippen MR) is 95.1 cm³/mol. The van der Waals surface area contributed by atoms with Gasteiger partial charge in [0.25, 0.3) is 5.56 Å². The van der Waals surface area contributed by atoms with Gasteiger partial charge in [0.1, 0.15) is 5.75 Å². The topological polar surface area (TPSA) is 64.1 Å². The van der Waals surface area contributed by atoms with Crippen LogP contribution in [0.15, 0.2) is 52.1 Å². The highest BCUT2D eigenvalue weighted by Gasteiger charge is 2.33. The van der Waals surface area contributed by atoms with Gasteiger partial charge in [0.2, 0.25) is 0 Å². The molecule has 0 radical (unpaired) electrons. The number of rotatable bonds is 5. The van der Waals surface area contributed by atoms with Gasteiger partial charge in [0.15, 0.2) is 0 Å². The Balaban J connectivity index is 2.30. The summed E-state index contributed by atoms with van der Waals surface area (Å²) >= 11 is 0. The Labute approximate surface area is 152 Å². The van der Waals surface area contributed by atoms with Crippen molar-refractivity contribution in [2.75, 3.05) is 0 Å². The first kappa shape index (κ1) is 18.8. The summed E-state index contributed by atoms with van der Waals surface area (Å²) in [6, 6.07) is 11.1. The van der Waals surface area contributed by atoms with Crippen molar-refractivity contribution in [2.45, 2.75) is 32.7 Å². The normalized spacial score (nSPS) is 11.7. The summed E-state index contributed by atoms with van der Waals surface area (Å²) in [5.74, 6) is -0.453. The Bertz CT molecular complexity index is 1070. The molecule has 0 aliphatic heterocycles. The van der Waals surface area contributed by atoms with Crippen molar-refractivity contribution in [3.8, 4) is 5.75 Å². The van der Waals surface area contributed by atoms with Gasteiger partial charge in [-0.3, -0.25) is 9.36 Å². The van der Waals surface area contributed by atoms with Crippen LogP contribution in [-0.2, 0) is 13.0 Å². The number of alkyl halides is 3. The number of nitrogens with one attached hydrogen (secondary N) is 1. The van der Waals surface area contributed by atoms with Crippen molar-refractivity contribution in [2.24, 2.45) is 0 Å². The van der Waals surface area contributed by atoms with E-state index in [4.69, 9.17) is 0 Å². The molecule has 0 saturated carbocycles. The van der Waals surface area contributed by atoms with Crippen LogP contribution in [0.3, 0.4) is 0 Å². The minimum atomic E-state index is -4.90. The lowest BCUT2D eigenvalue weighted by Crippen LogP contribution is -2.35. The van der Waals surface area contributed by atoms with E-state index in [9.17, 15) is 22.8 Å². The fourth-order valence-electron chi connectivity index (χ4n) is 3.01. The first-order chi connectivity index (χ1) is 12.8. The second-order valence-electron chi connectivity index (χ2n) is 6.06. The molecule has 0 fully saturated rings. The molecule has 0 aliphatic carbocycles. The summed E-state index contributed by atoms with van der Waals surface area (Å²) in [6.45, 7) is 1.96. The fourth-order valence-corrected chi connectivity index (χ4v) is 3.01. The maximum Gasteiger partial charge on any atom is 0.573 e. The van der Waals surface area contributed by atoms with Gasteiger partial charge >= 0.3 is 12.1 Å². The fraction of sp³-hybridized carbons (Fsp3) is 0.263. The van der Waals surface area contributed by atoms with Gasteiger partial charge in [0, 0.05) is 18.5 Å². The molecular formula is C19H17F3N2O3. The zero-order valence-corrected chi connectivity index (χ0v) is 14.5. The molecule has 3 aromatic rings. The lowest BCUT2D eigenvalue weighted by molar-refractivity contribution is -0.274. The number of H-pyrrole nitrogens is 1. The first-order valence-corrected chi connectivity index (χ1v) is 8.38. The molecule has 1 N–H and O–H groups in total. The Hall–Kier alpha value is -3.03. The molecule has 142 valence electrons. The molecule has 0 atom stereocenters. The molecule has 1 heterocycles. The van der Waals surface area contributed by atoms with Crippen LogP contribution in [0, 0.1) is 0 Å². The second-order valence-corrected chi connectivity index (χ2v) is 6.06. The molecule has 0 amide bonds. The molecule has 27 heavy (non-hydrogen) atoms. The number of nitrogens with zero attached hydrogens (tertiary/aromatic N) is 1. The number of hydrogen-bond acceptors (Lipinski definition) is 3. The molecule has 3 rings (SSSR count). The summed E-state index contributed by atoms with van der Waals surface area (Å²) in [5.41, 5.74) is -0.247. The van der Waals surface area contributed by atoms with Gasteiger partial charge in [-0.2, -0.15) is 0 Å². The first-order valence-electron chi connectivity index (χ1n) is 8.38. The van der Waals surface area contributed by atoms with Gasteiger partial charge in [0.05, 0.1) is 10.9 Å². The van der Waals surface area contributed by atoms with Crippen molar-refractivity contribution >= 4 is 10.9 Å². The number of hydrogen-bond donors (Lipinski definition) is 1. The van der Waals surface area contributed by atoms with Gasteiger partial charge in [-0.25, -0.2) is 4.79 Å². The smallest absolute Gasteiger partial charge is 0.405 e. The number of halogens is 3. The molecule has 0 saturated heterocycles. The minimum absolute atomic E-state index is 0.0219. The van der Waals surface area contributed by atoms with Crippen molar-refractivity contribution in [1.82, 2.24) is 9.55 Å². The lowest BCUT2D eigenvalue weighted by atomic mass is 10.00. The van der Waals surface area contributed by atoms with E-state index >= 15 is 0 Å². The van der Waals surface area contributed by atoms with Crippen LogP contribution in [0.4, 0.5) is 13.2 Å². The van der Waals surface area contributed by atoms with Gasteiger partial charge in [-0.1, -0.05) is 37.3 Å². The van der Waals surface area contributed by atoms with E-state index in [-0.39, 0.29) is 29.4 Å². The Morgan fingerprint density at radius 2 is 1.78 bits per heavy atom. The SMILES string of the molecule is CCCn1c(=O)[nH]c2ccc(OC(F)(F)F)c(Cc3ccccc3)c2c1=O. The van der Waals surface area contributed by atoms with Crippen LogP contribution in [0.2, 0.25) is 0 Å². The van der Waals surface area contributed by atoms with E-state index in [0.717, 1.165) is 10.6 Å². The zero-order valence-electron chi connectivity index (χ0n) is 14.5. The highest BCUT2D eigenvalue weighted by atomic mass is 19.4. The maximum absolute atomic E-state index is 12.9. The Morgan fingerprint density at radius 3 is 2.41 bits per heavy atom. The number of aromatic nitrogens is 2. The maximum atomic E-state index is 12.9. The molecule has 0 aliphatic rings. The zero-order chi connectivity index (χ0) is 19.6. The van der Waals surface area contributed by atoms with Crippen molar-refractivity contribution in [1.29, 1.82) is 0 Å². The molecule has 0 spiro atoms. The highest BCUT2D eigenvalue weighted by Crippen LogP contribution is 2.31. The predicted octanol–water partition coefficient (Wildman–Crippen LogP) is 3.59. The molecule has 0 bridgehead atoms. The van der Waals surface area contributed by atoms with Crippen molar-refractivity contribution in [3.05, 3.63) is 74.4 Å². The largest absolute Gasteiger partial charge is 0.573 e. The van der Waals surface area contributed by atoms with Crippen molar-refractivity contribution in [3.63, 3.8) is 0 Å². The molecule has 1 aromatic heterocycles. The molecule has 0 unspecified atom stereocenters. The summed E-state index contributed by atoms with van der Waals surface area (Å²) in [7, 11) is 0. The summed E-state index contributed by atoms with van der Waals surface area (Å²) in [6.07, 6.45) is -4.32. The van der Waals surface area contributed by atoms with Gasteiger partial charge in [-0.15, -0.1) is 13.2 Å².